The largest absolute Gasteiger partial charge is 0.466 e. The van der Waals surface area contributed by atoms with E-state index < -0.39 is 29.5 Å². The van der Waals surface area contributed by atoms with Crippen molar-refractivity contribution >= 4 is 58.0 Å². The molecule has 1 atom stereocenters. The Kier molecular flexibility index (Phi) is 8.52. The molecule has 0 aliphatic carbocycles. The van der Waals surface area contributed by atoms with Gasteiger partial charge in [0.2, 0.25) is 0 Å². The second-order valence-electron chi connectivity index (χ2n) is 10.3. The van der Waals surface area contributed by atoms with Crippen LogP contribution < -0.4 is 4.90 Å². The number of para-hydroxylation sites is 1. The van der Waals surface area contributed by atoms with E-state index in [4.69, 9.17) is 32.7 Å². The highest BCUT2D eigenvalue weighted by atomic mass is 35.5. The highest BCUT2D eigenvalue weighted by Gasteiger charge is 2.41. The molecule has 1 aliphatic rings. The van der Waals surface area contributed by atoms with Crippen molar-refractivity contribution in [1.82, 2.24) is 0 Å². The van der Waals surface area contributed by atoms with Gasteiger partial charge in [0.1, 0.15) is 5.60 Å². The average Bonchev–Trinajstić information content (AvgIpc) is 3.20. The first kappa shape index (κ1) is 29.1. The third-order valence-corrected chi connectivity index (χ3v) is 7.01. The Morgan fingerprint density at radius 1 is 0.975 bits per heavy atom. The number of carbonyl (C=O) groups is 3. The minimum Gasteiger partial charge on any atom is -0.466 e. The van der Waals surface area contributed by atoms with Crippen molar-refractivity contribution in [2.45, 2.75) is 38.7 Å². The van der Waals surface area contributed by atoms with Gasteiger partial charge in [-0.15, -0.1) is 0 Å². The summed E-state index contributed by atoms with van der Waals surface area (Å²) in [6.45, 7) is 9.24. The molecule has 4 rings (SSSR count). The average molecular weight is 578 g/mol. The van der Waals surface area contributed by atoms with E-state index in [1.807, 2.05) is 30.3 Å². The van der Waals surface area contributed by atoms with Crippen LogP contribution in [0, 0.1) is 0 Å². The second-order valence-corrected chi connectivity index (χ2v) is 11.1. The number of amides is 2. The number of esters is 1. The van der Waals surface area contributed by atoms with Gasteiger partial charge in [-0.2, -0.15) is 0 Å². The fourth-order valence-corrected chi connectivity index (χ4v) is 5.22. The van der Waals surface area contributed by atoms with Gasteiger partial charge in [0.25, 0.3) is 5.91 Å². The van der Waals surface area contributed by atoms with Crippen molar-refractivity contribution in [1.29, 1.82) is 0 Å². The molecule has 0 saturated carbocycles. The lowest BCUT2D eigenvalue weighted by Gasteiger charge is -2.24. The van der Waals surface area contributed by atoms with E-state index in [2.05, 4.69) is 6.58 Å². The number of methoxy groups -OCH3 is 1. The molecule has 40 heavy (non-hydrogen) atoms. The molecule has 0 saturated heterocycles. The summed E-state index contributed by atoms with van der Waals surface area (Å²) in [4.78, 5) is 41.1. The number of allylic oxidation sites excluding steroid dienone is 1. The SMILES string of the molecule is C=C(C(=O)OC)C(C/C(=C1/C(=O)N(C(=O)OC(C)(C)C)c2ccccc21)c1ccccc1)c1ccc(Cl)cc1Cl. The number of imide groups is 1. The molecule has 3 aromatic carbocycles. The lowest BCUT2D eigenvalue weighted by molar-refractivity contribution is -0.136. The van der Waals surface area contributed by atoms with Crippen LogP contribution in [0.2, 0.25) is 10.0 Å². The zero-order valence-corrected chi connectivity index (χ0v) is 24.2. The molecule has 1 aliphatic heterocycles. The van der Waals surface area contributed by atoms with Crippen molar-refractivity contribution in [3.63, 3.8) is 0 Å². The lowest BCUT2D eigenvalue weighted by atomic mass is 9.81. The number of halogens is 2. The van der Waals surface area contributed by atoms with Crippen LogP contribution in [0.5, 0.6) is 0 Å². The molecule has 0 radical (unpaired) electrons. The molecule has 0 aromatic heterocycles. The molecule has 0 bridgehead atoms. The van der Waals surface area contributed by atoms with E-state index in [0.29, 0.717) is 38.0 Å². The minimum absolute atomic E-state index is 0.150. The van der Waals surface area contributed by atoms with E-state index in [1.54, 1.807) is 63.2 Å². The summed E-state index contributed by atoms with van der Waals surface area (Å²) < 4.78 is 10.6. The molecule has 3 aromatic rings. The van der Waals surface area contributed by atoms with Crippen LogP contribution in [-0.2, 0) is 19.1 Å². The van der Waals surface area contributed by atoms with Gasteiger partial charge >= 0.3 is 12.1 Å². The Labute approximate surface area is 243 Å². The normalized spacial score (nSPS) is 14.8. The van der Waals surface area contributed by atoms with Crippen LogP contribution in [0.4, 0.5) is 10.5 Å². The van der Waals surface area contributed by atoms with Gasteiger partial charge in [-0.25, -0.2) is 14.5 Å². The van der Waals surface area contributed by atoms with E-state index >= 15 is 0 Å². The number of hydrogen-bond donors (Lipinski definition) is 0. The maximum Gasteiger partial charge on any atom is 0.422 e. The van der Waals surface area contributed by atoms with Crippen molar-refractivity contribution < 1.29 is 23.9 Å². The number of ether oxygens (including phenoxy) is 2. The third-order valence-electron chi connectivity index (χ3n) is 6.45. The van der Waals surface area contributed by atoms with Crippen molar-refractivity contribution in [3.05, 3.63) is 112 Å². The first-order valence-corrected chi connectivity index (χ1v) is 13.4. The molecule has 0 spiro atoms. The van der Waals surface area contributed by atoms with Gasteiger partial charge in [0, 0.05) is 27.1 Å². The highest BCUT2D eigenvalue weighted by molar-refractivity contribution is 6.43. The van der Waals surface area contributed by atoms with Crippen molar-refractivity contribution in [2.75, 3.05) is 12.0 Å². The van der Waals surface area contributed by atoms with Gasteiger partial charge in [-0.1, -0.05) is 84.4 Å². The highest BCUT2D eigenvalue weighted by Crippen LogP contribution is 2.46. The van der Waals surface area contributed by atoms with E-state index in [1.165, 1.54) is 7.11 Å². The standard InChI is InChI=1S/C32H29Cl2NO5/c1-19(30(37)39-5)24(22-16-15-21(33)17-26(22)34)18-25(20-11-7-6-8-12-20)28-23-13-9-10-14-27(23)35(29(28)36)31(38)40-32(2,3)4/h6-17,24H,1,18H2,2-5H3/b28-25-. The van der Waals surface area contributed by atoms with Crippen LogP contribution in [0.15, 0.2) is 84.9 Å². The van der Waals surface area contributed by atoms with Crippen molar-refractivity contribution in [2.24, 2.45) is 0 Å². The molecule has 6 nitrogen and oxygen atoms in total. The summed E-state index contributed by atoms with van der Waals surface area (Å²) in [5.74, 6) is -1.81. The molecule has 1 heterocycles. The molecule has 8 heteroatoms. The molecule has 206 valence electrons. The smallest absolute Gasteiger partial charge is 0.422 e. The fraction of sp³-hybridized carbons (Fsp3) is 0.219. The number of benzene rings is 3. The summed E-state index contributed by atoms with van der Waals surface area (Å²) >= 11 is 12.8. The van der Waals surface area contributed by atoms with Crippen LogP contribution >= 0.6 is 23.2 Å². The van der Waals surface area contributed by atoms with Gasteiger partial charge < -0.3 is 9.47 Å². The summed E-state index contributed by atoms with van der Waals surface area (Å²) in [6, 6.07) is 21.4. The summed E-state index contributed by atoms with van der Waals surface area (Å²) in [7, 11) is 1.28. The van der Waals surface area contributed by atoms with E-state index in [0.717, 1.165) is 10.5 Å². The second kappa shape index (κ2) is 11.7. The summed E-state index contributed by atoms with van der Waals surface area (Å²) in [5, 5.41) is 0.777. The van der Waals surface area contributed by atoms with E-state index in [-0.39, 0.29) is 12.0 Å². The number of anilines is 1. The van der Waals surface area contributed by atoms with Gasteiger partial charge in [-0.3, -0.25) is 4.79 Å². The summed E-state index contributed by atoms with van der Waals surface area (Å²) in [6.07, 6.45) is -0.625. The number of rotatable bonds is 6. The Hall–Kier alpha value is -3.87. The number of fused-ring (bicyclic) bond motifs is 1. The molecule has 1 unspecified atom stereocenters. The minimum atomic E-state index is -0.810. The molecule has 0 N–H and O–H groups in total. The van der Waals surface area contributed by atoms with Gasteiger partial charge in [0.05, 0.1) is 18.4 Å². The molecule has 2 amide bonds. The number of carbonyl (C=O) groups excluding carboxylic acids is 3. The zero-order chi connectivity index (χ0) is 29.2. The molecule has 0 fully saturated rings. The zero-order valence-electron chi connectivity index (χ0n) is 22.7. The fourth-order valence-electron chi connectivity index (χ4n) is 4.68. The molecular formula is C32H29Cl2NO5. The Bertz CT molecular complexity index is 1520. The van der Waals surface area contributed by atoms with Crippen LogP contribution in [0.3, 0.4) is 0 Å². The van der Waals surface area contributed by atoms with Gasteiger partial charge in [0.15, 0.2) is 0 Å². The molecular weight excluding hydrogens is 549 g/mol. The first-order valence-electron chi connectivity index (χ1n) is 12.6. The third kappa shape index (κ3) is 5.98. The van der Waals surface area contributed by atoms with Gasteiger partial charge in [-0.05, 0) is 62.1 Å². The maximum atomic E-state index is 14.1. The lowest BCUT2D eigenvalue weighted by Crippen LogP contribution is -2.38. The van der Waals surface area contributed by atoms with Crippen LogP contribution in [0.25, 0.3) is 11.1 Å². The van der Waals surface area contributed by atoms with Crippen LogP contribution in [-0.4, -0.2) is 30.7 Å². The van der Waals surface area contributed by atoms with Crippen molar-refractivity contribution in [3.8, 4) is 0 Å². The van der Waals surface area contributed by atoms with E-state index in [9.17, 15) is 14.4 Å². The Balaban J connectivity index is 1.96. The maximum absolute atomic E-state index is 14.1. The first-order chi connectivity index (χ1) is 18.9. The number of hydrogen-bond acceptors (Lipinski definition) is 5. The predicted octanol–water partition coefficient (Wildman–Crippen LogP) is 8.09. The predicted molar refractivity (Wildman–Crippen MR) is 158 cm³/mol. The Morgan fingerprint density at radius 3 is 2.25 bits per heavy atom. The quantitative estimate of drug-likeness (QED) is 0.218. The monoisotopic (exact) mass is 577 g/mol. The van der Waals surface area contributed by atoms with Crippen LogP contribution in [0.1, 0.15) is 49.8 Å². The number of nitrogens with zero attached hydrogens (tertiary/aromatic N) is 1. The summed E-state index contributed by atoms with van der Waals surface area (Å²) in [5.41, 5.74) is 2.59. The Morgan fingerprint density at radius 2 is 1.62 bits per heavy atom. The topological polar surface area (TPSA) is 72.9 Å².